The van der Waals surface area contributed by atoms with Gasteiger partial charge >= 0.3 is 11.9 Å². The Balaban J connectivity index is 1.69. The lowest BCUT2D eigenvalue weighted by atomic mass is 9.38. The second-order valence-electron chi connectivity index (χ2n) is 11.6. The maximum Gasteiger partial charge on any atom is 0.348 e. The fourth-order valence-electron chi connectivity index (χ4n) is 8.12. The number of hydrogen-bond donors (Lipinski definition) is 4. The molecule has 0 unspecified atom stereocenters. The number of fused-ring (bicyclic) bond motifs is 1. The third-order valence-electron chi connectivity index (χ3n) is 9.99. The molecule has 2 bridgehead atoms. The van der Waals surface area contributed by atoms with E-state index in [1.54, 1.807) is 27.7 Å². The summed E-state index contributed by atoms with van der Waals surface area (Å²) in [6.07, 6.45) is -3.51. The Morgan fingerprint density at radius 1 is 1.31 bits per heavy atom. The lowest BCUT2D eigenvalue weighted by Crippen LogP contribution is -2.78. The number of ether oxygens (including phenoxy) is 3. The van der Waals surface area contributed by atoms with Crippen molar-refractivity contribution in [2.24, 2.45) is 34.5 Å². The Morgan fingerprint density at radius 3 is 2.60 bits per heavy atom. The Morgan fingerprint density at radius 2 is 1.97 bits per heavy atom. The van der Waals surface area contributed by atoms with E-state index in [9.17, 15) is 34.8 Å². The third kappa shape index (κ3) is 2.80. The van der Waals surface area contributed by atoms with Gasteiger partial charge in [0, 0.05) is 22.7 Å². The van der Waals surface area contributed by atoms with Crippen molar-refractivity contribution in [3.05, 3.63) is 11.6 Å². The number of ketones is 1. The molecular weight excluding hydrogens is 460 g/mol. The van der Waals surface area contributed by atoms with Crippen LogP contribution in [0.25, 0.3) is 0 Å². The largest absolute Gasteiger partial charge is 0.459 e. The van der Waals surface area contributed by atoms with Crippen LogP contribution in [0.5, 0.6) is 0 Å². The second-order valence-corrected chi connectivity index (χ2v) is 11.6. The summed E-state index contributed by atoms with van der Waals surface area (Å²) in [6.45, 7) is 7.88. The molecule has 4 fully saturated rings. The van der Waals surface area contributed by atoms with E-state index in [2.05, 4.69) is 0 Å². The molecule has 2 saturated heterocycles. The van der Waals surface area contributed by atoms with Gasteiger partial charge in [0.1, 0.15) is 18.3 Å². The van der Waals surface area contributed by atoms with Crippen LogP contribution in [-0.4, -0.2) is 80.6 Å². The molecule has 2 aliphatic heterocycles. The van der Waals surface area contributed by atoms with Gasteiger partial charge in [-0.15, -0.1) is 0 Å². The average molecular weight is 495 g/mol. The lowest BCUT2D eigenvalue weighted by molar-refractivity contribution is -0.340. The fraction of sp³-hybridized carbons (Fsp3) is 0.800. The quantitative estimate of drug-likeness (QED) is 0.389. The topological polar surface area (TPSA) is 160 Å². The first-order valence-corrected chi connectivity index (χ1v) is 12.3. The Bertz CT molecular complexity index is 1020. The van der Waals surface area contributed by atoms with Gasteiger partial charge in [-0.2, -0.15) is 0 Å². The van der Waals surface area contributed by atoms with Crippen molar-refractivity contribution in [1.82, 2.24) is 0 Å². The van der Waals surface area contributed by atoms with Crippen LogP contribution in [0.3, 0.4) is 0 Å². The number of carbonyl (C=O) groups excluding carboxylic acids is 3. The molecule has 10 heteroatoms. The first kappa shape index (κ1) is 24.8. The molecule has 5 rings (SSSR count). The van der Waals surface area contributed by atoms with Crippen molar-refractivity contribution >= 4 is 17.7 Å². The van der Waals surface area contributed by atoms with E-state index in [4.69, 9.17) is 14.2 Å². The van der Waals surface area contributed by atoms with Crippen LogP contribution in [0, 0.1) is 34.5 Å². The number of hydrogen-bond acceptors (Lipinski definition) is 10. The first-order valence-electron chi connectivity index (χ1n) is 12.3. The van der Waals surface area contributed by atoms with Gasteiger partial charge in [0.25, 0.3) is 0 Å². The van der Waals surface area contributed by atoms with Crippen molar-refractivity contribution in [1.29, 1.82) is 0 Å². The molecule has 4 N–H and O–H groups in total. The zero-order valence-corrected chi connectivity index (χ0v) is 20.6. The summed E-state index contributed by atoms with van der Waals surface area (Å²) in [6, 6.07) is 0. The van der Waals surface area contributed by atoms with E-state index in [1.807, 2.05) is 0 Å². The molecule has 10 nitrogen and oxygen atoms in total. The maximum absolute atomic E-state index is 13.3. The molecule has 0 aromatic carbocycles. The monoisotopic (exact) mass is 494 g/mol. The highest BCUT2D eigenvalue weighted by molar-refractivity contribution is 5.96. The van der Waals surface area contributed by atoms with Crippen LogP contribution >= 0.6 is 0 Å². The highest BCUT2D eigenvalue weighted by atomic mass is 16.7. The van der Waals surface area contributed by atoms with Gasteiger partial charge in [-0.1, -0.05) is 26.3 Å². The summed E-state index contributed by atoms with van der Waals surface area (Å²) in [5.41, 5.74) is -3.54. The van der Waals surface area contributed by atoms with Crippen molar-refractivity contribution in [2.75, 3.05) is 6.61 Å². The summed E-state index contributed by atoms with van der Waals surface area (Å²) in [5, 5.41) is 44.8. The number of aliphatic hydroxyl groups excluding tert-OH is 2. The molecule has 35 heavy (non-hydrogen) atoms. The van der Waals surface area contributed by atoms with Gasteiger partial charge in [-0.3, -0.25) is 4.79 Å². The summed E-state index contributed by atoms with van der Waals surface area (Å²) in [4.78, 5) is 38.8. The SMILES string of the molecule is CC[C@](C)(O)C(=O)O[C@H]1C(=O)O[C@@H]2C[C@H]3C(C)=CC(=O)[C@@H](O)[C@]3(C)[C@@H]3[C@]4(O)OC[C@@]23[C@H]1[C@H](C)[C@@H]4O. The number of carbonyl (C=O) groups is 3. The zero-order chi connectivity index (χ0) is 25.9. The van der Waals surface area contributed by atoms with Gasteiger partial charge in [-0.05, 0) is 44.6 Å². The van der Waals surface area contributed by atoms with E-state index in [1.165, 1.54) is 13.0 Å². The van der Waals surface area contributed by atoms with Crippen LogP contribution in [0.15, 0.2) is 11.6 Å². The predicted molar refractivity (Wildman–Crippen MR) is 117 cm³/mol. The van der Waals surface area contributed by atoms with E-state index in [0.717, 1.165) is 0 Å². The highest BCUT2D eigenvalue weighted by Gasteiger charge is 2.83. The van der Waals surface area contributed by atoms with E-state index in [0.29, 0.717) is 5.57 Å². The molecule has 0 aromatic heterocycles. The minimum absolute atomic E-state index is 0.0510. The standard InChI is InChI=1S/C25H34O10/c1-6-22(4,31)21(30)35-16-15-11(3)17(27)25(32)20-23(5)12(10(2)7-13(26)18(23)28)8-14(34-19(16)29)24(15,20)9-33-25/h7,11-12,14-18,20,27-28,31-32H,6,8-9H2,1-5H3/t11-,12-,14+,15-,16+,17-,18+,20-,22-,23+,24-,25+/m0/s1. The molecule has 2 saturated carbocycles. The minimum atomic E-state index is -2.12. The Hall–Kier alpha value is -1.85. The molecule has 3 aliphatic carbocycles. The normalized spacial score (nSPS) is 52.0. The number of aliphatic hydroxyl groups is 4. The molecule has 0 aromatic rings. The predicted octanol–water partition coefficient (Wildman–Crippen LogP) is -0.151. The second kappa shape index (κ2) is 7.35. The molecule has 2 heterocycles. The molecule has 5 aliphatic rings. The fourth-order valence-corrected chi connectivity index (χ4v) is 8.12. The summed E-state index contributed by atoms with van der Waals surface area (Å²) in [7, 11) is 0. The van der Waals surface area contributed by atoms with Gasteiger partial charge in [0.2, 0.25) is 6.10 Å². The minimum Gasteiger partial charge on any atom is -0.459 e. The van der Waals surface area contributed by atoms with Crippen molar-refractivity contribution < 1.29 is 49.0 Å². The average Bonchev–Trinajstić information content (AvgIpc) is 3.08. The molecular formula is C25H34O10. The lowest BCUT2D eigenvalue weighted by Gasteiger charge is -2.68. The van der Waals surface area contributed by atoms with E-state index in [-0.39, 0.29) is 19.4 Å². The summed E-state index contributed by atoms with van der Waals surface area (Å²) < 4.78 is 17.4. The number of allylic oxidation sites excluding steroid dienone is 1. The summed E-state index contributed by atoms with van der Waals surface area (Å²) >= 11 is 0. The van der Waals surface area contributed by atoms with Gasteiger partial charge in [0.05, 0.1) is 6.61 Å². The third-order valence-corrected chi connectivity index (χ3v) is 9.99. The Labute approximate surface area is 203 Å². The smallest absolute Gasteiger partial charge is 0.348 e. The van der Waals surface area contributed by atoms with Crippen LogP contribution in [0.4, 0.5) is 0 Å². The van der Waals surface area contributed by atoms with Crippen LogP contribution in [0.2, 0.25) is 0 Å². The van der Waals surface area contributed by atoms with Crippen molar-refractivity contribution in [3.63, 3.8) is 0 Å². The Kier molecular flexibility index (Phi) is 5.21. The van der Waals surface area contributed by atoms with Gasteiger partial charge < -0.3 is 34.6 Å². The molecule has 0 radical (unpaired) electrons. The zero-order valence-electron chi connectivity index (χ0n) is 20.6. The maximum atomic E-state index is 13.3. The number of rotatable bonds is 3. The highest BCUT2D eigenvalue weighted by Crippen LogP contribution is 2.73. The number of esters is 2. The van der Waals surface area contributed by atoms with Crippen molar-refractivity contribution in [2.45, 2.75) is 83.3 Å². The summed E-state index contributed by atoms with van der Waals surface area (Å²) in [5.74, 6) is -7.47. The van der Waals surface area contributed by atoms with Crippen LogP contribution in [0.1, 0.15) is 47.5 Å². The van der Waals surface area contributed by atoms with Crippen molar-refractivity contribution in [3.8, 4) is 0 Å². The van der Waals surface area contributed by atoms with Crippen LogP contribution in [-0.2, 0) is 28.6 Å². The molecule has 0 amide bonds. The molecule has 12 atom stereocenters. The van der Waals surface area contributed by atoms with Gasteiger partial charge in [0.15, 0.2) is 17.2 Å². The van der Waals surface area contributed by atoms with E-state index >= 15 is 0 Å². The molecule has 1 spiro atoms. The van der Waals surface area contributed by atoms with Crippen LogP contribution < -0.4 is 0 Å². The van der Waals surface area contributed by atoms with Gasteiger partial charge in [-0.25, -0.2) is 9.59 Å². The van der Waals surface area contributed by atoms with E-state index < -0.39 is 88.0 Å². The first-order chi connectivity index (χ1) is 16.2. The molecule has 194 valence electrons.